The summed E-state index contributed by atoms with van der Waals surface area (Å²) in [6.45, 7) is 3.89. The zero-order valence-electron chi connectivity index (χ0n) is 10.7. The predicted octanol–water partition coefficient (Wildman–Crippen LogP) is 3.39. The molecule has 0 aliphatic carbocycles. The number of hydrogen-bond acceptors (Lipinski definition) is 5. The van der Waals surface area contributed by atoms with Gasteiger partial charge in [-0.2, -0.15) is 4.98 Å². The first-order valence-electron chi connectivity index (χ1n) is 5.89. The van der Waals surface area contributed by atoms with Crippen LogP contribution in [0.3, 0.4) is 0 Å². The Hall–Kier alpha value is -1.33. The number of thioether (sulfide) groups is 1. The Balaban J connectivity index is 2.18. The van der Waals surface area contributed by atoms with E-state index in [2.05, 4.69) is 21.9 Å². The van der Waals surface area contributed by atoms with Gasteiger partial charge in [0.05, 0.1) is 5.02 Å². The molecule has 0 spiro atoms. The van der Waals surface area contributed by atoms with Gasteiger partial charge in [0.15, 0.2) is 5.16 Å². The lowest BCUT2D eigenvalue weighted by Crippen LogP contribution is -1.95. The Morgan fingerprint density at radius 2 is 2.11 bits per heavy atom. The van der Waals surface area contributed by atoms with E-state index in [0.717, 1.165) is 23.2 Å². The van der Waals surface area contributed by atoms with Gasteiger partial charge in [-0.25, -0.2) is 4.98 Å². The topological polar surface area (TPSA) is 58.9 Å². The second-order valence-corrected chi connectivity index (χ2v) is 5.40. The molecule has 1 N–H and O–H groups in total. The van der Waals surface area contributed by atoms with E-state index < -0.39 is 0 Å². The number of aryl methyl sites for hydroxylation is 2. The summed E-state index contributed by atoms with van der Waals surface area (Å²) in [6.07, 6.45) is 4.35. The minimum atomic E-state index is -0.00783. The number of aromatic nitrogens is 3. The van der Waals surface area contributed by atoms with Crippen molar-refractivity contribution >= 4 is 23.4 Å². The summed E-state index contributed by atoms with van der Waals surface area (Å²) >= 11 is 7.62. The number of halogens is 1. The second-order valence-electron chi connectivity index (χ2n) is 4.05. The number of hydrogen-bond donors (Lipinski definition) is 1. The van der Waals surface area contributed by atoms with Crippen molar-refractivity contribution < 1.29 is 5.11 Å². The fourth-order valence-corrected chi connectivity index (χ4v) is 3.00. The van der Waals surface area contributed by atoms with E-state index in [0.29, 0.717) is 15.9 Å². The highest BCUT2D eigenvalue weighted by molar-refractivity contribution is 7.98. The van der Waals surface area contributed by atoms with Gasteiger partial charge in [0, 0.05) is 29.9 Å². The summed E-state index contributed by atoms with van der Waals surface area (Å²) in [5.74, 6) is 0.652. The molecule has 2 rings (SSSR count). The van der Waals surface area contributed by atoms with Crippen LogP contribution >= 0.6 is 23.4 Å². The summed E-state index contributed by atoms with van der Waals surface area (Å²) in [4.78, 5) is 12.3. The molecule has 0 fully saturated rings. The number of aromatic hydroxyl groups is 1. The molecule has 0 aliphatic rings. The van der Waals surface area contributed by atoms with Crippen LogP contribution in [-0.4, -0.2) is 20.1 Å². The minimum Gasteiger partial charge on any atom is -0.493 e. The van der Waals surface area contributed by atoms with E-state index >= 15 is 0 Å². The minimum absolute atomic E-state index is 0.00783. The van der Waals surface area contributed by atoms with E-state index in [1.807, 2.05) is 13.1 Å². The average molecular weight is 296 g/mol. The molecule has 0 saturated carbocycles. The molecule has 4 nitrogen and oxygen atoms in total. The van der Waals surface area contributed by atoms with E-state index in [9.17, 15) is 5.11 Å². The van der Waals surface area contributed by atoms with Crippen LogP contribution in [0.4, 0.5) is 0 Å². The van der Waals surface area contributed by atoms with Crippen molar-refractivity contribution in [1.82, 2.24) is 15.0 Å². The molecule has 0 saturated heterocycles. The van der Waals surface area contributed by atoms with E-state index in [-0.39, 0.29) is 5.88 Å². The summed E-state index contributed by atoms with van der Waals surface area (Å²) in [5, 5.41) is 10.7. The van der Waals surface area contributed by atoms with E-state index in [1.54, 1.807) is 6.20 Å². The van der Waals surface area contributed by atoms with Crippen molar-refractivity contribution in [1.29, 1.82) is 0 Å². The molecule has 2 heterocycles. The lowest BCUT2D eigenvalue weighted by atomic mass is 10.1. The van der Waals surface area contributed by atoms with Gasteiger partial charge in [0.2, 0.25) is 5.88 Å². The van der Waals surface area contributed by atoms with Crippen LogP contribution in [0.15, 0.2) is 23.6 Å². The molecule has 0 aromatic carbocycles. The molecule has 0 radical (unpaired) electrons. The zero-order chi connectivity index (χ0) is 13.8. The summed E-state index contributed by atoms with van der Waals surface area (Å²) in [5.41, 5.74) is 2.91. The SMILES string of the molecule is CCc1cncc(Cl)c1CSc1nc(C)cc(O)n1. The monoisotopic (exact) mass is 295 g/mol. The number of pyridine rings is 1. The summed E-state index contributed by atoms with van der Waals surface area (Å²) < 4.78 is 0. The Labute approximate surface area is 121 Å². The van der Waals surface area contributed by atoms with Crippen molar-refractivity contribution in [3.8, 4) is 5.88 Å². The first-order valence-corrected chi connectivity index (χ1v) is 7.25. The summed E-state index contributed by atoms with van der Waals surface area (Å²) in [6, 6.07) is 1.53. The van der Waals surface area contributed by atoms with Gasteiger partial charge >= 0.3 is 0 Å². The fourth-order valence-electron chi connectivity index (χ4n) is 1.69. The first kappa shape index (κ1) is 14.1. The van der Waals surface area contributed by atoms with Crippen molar-refractivity contribution in [2.75, 3.05) is 0 Å². The van der Waals surface area contributed by atoms with Crippen molar-refractivity contribution in [2.24, 2.45) is 0 Å². The normalized spacial score (nSPS) is 10.7. The third kappa shape index (κ3) is 3.58. The molecule has 2 aromatic rings. The van der Waals surface area contributed by atoms with E-state index in [1.165, 1.54) is 17.8 Å². The van der Waals surface area contributed by atoms with Gasteiger partial charge in [0.1, 0.15) is 0 Å². The van der Waals surface area contributed by atoms with Crippen LogP contribution in [0.25, 0.3) is 0 Å². The standard InChI is InChI=1S/C13H14ClN3OS/c1-3-9-5-15-6-11(14)10(9)7-19-13-16-8(2)4-12(18)17-13/h4-6H,3,7H2,1-2H3,(H,16,17,18). The largest absolute Gasteiger partial charge is 0.493 e. The lowest BCUT2D eigenvalue weighted by Gasteiger charge is -2.08. The predicted molar refractivity (Wildman–Crippen MR) is 76.6 cm³/mol. The molecule has 6 heteroatoms. The molecule has 0 amide bonds. The maximum Gasteiger partial charge on any atom is 0.215 e. The highest BCUT2D eigenvalue weighted by Gasteiger charge is 2.09. The number of nitrogens with zero attached hydrogens (tertiary/aromatic N) is 3. The van der Waals surface area contributed by atoms with Crippen LogP contribution in [0.2, 0.25) is 5.02 Å². The van der Waals surface area contributed by atoms with Crippen LogP contribution in [0.1, 0.15) is 23.7 Å². The molecule has 2 aromatic heterocycles. The fraction of sp³-hybridized carbons (Fsp3) is 0.308. The molecular weight excluding hydrogens is 282 g/mol. The van der Waals surface area contributed by atoms with Crippen LogP contribution in [0.5, 0.6) is 5.88 Å². The quantitative estimate of drug-likeness (QED) is 0.692. The highest BCUT2D eigenvalue weighted by Crippen LogP contribution is 2.27. The van der Waals surface area contributed by atoms with Crippen LogP contribution in [0, 0.1) is 6.92 Å². The number of rotatable bonds is 4. The van der Waals surface area contributed by atoms with Gasteiger partial charge in [-0.15, -0.1) is 0 Å². The maximum absolute atomic E-state index is 9.45. The zero-order valence-corrected chi connectivity index (χ0v) is 12.3. The second kappa shape index (κ2) is 6.21. The molecule has 0 unspecified atom stereocenters. The summed E-state index contributed by atoms with van der Waals surface area (Å²) in [7, 11) is 0. The first-order chi connectivity index (χ1) is 9.10. The third-order valence-electron chi connectivity index (χ3n) is 2.64. The molecule has 0 atom stereocenters. The van der Waals surface area contributed by atoms with Crippen LogP contribution in [-0.2, 0) is 12.2 Å². The molecule has 0 bridgehead atoms. The Morgan fingerprint density at radius 3 is 2.79 bits per heavy atom. The smallest absolute Gasteiger partial charge is 0.215 e. The van der Waals surface area contributed by atoms with Crippen molar-refractivity contribution in [3.63, 3.8) is 0 Å². The van der Waals surface area contributed by atoms with Crippen molar-refractivity contribution in [3.05, 3.63) is 40.3 Å². The molecule has 100 valence electrons. The lowest BCUT2D eigenvalue weighted by molar-refractivity contribution is 0.444. The van der Waals surface area contributed by atoms with Gasteiger partial charge in [-0.1, -0.05) is 30.3 Å². The van der Waals surface area contributed by atoms with E-state index in [4.69, 9.17) is 11.6 Å². The van der Waals surface area contributed by atoms with Crippen LogP contribution < -0.4 is 0 Å². The Bertz CT molecular complexity index is 572. The Kier molecular flexibility index (Phi) is 4.61. The molecular formula is C13H14ClN3OS. The van der Waals surface area contributed by atoms with Gasteiger partial charge in [-0.3, -0.25) is 4.98 Å². The van der Waals surface area contributed by atoms with Gasteiger partial charge < -0.3 is 5.11 Å². The molecule has 19 heavy (non-hydrogen) atoms. The van der Waals surface area contributed by atoms with Gasteiger partial charge in [-0.05, 0) is 24.5 Å². The molecule has 0 aliphatic heterocycles. The maximum atomic E-state index is 9.45. The van der Waals surface area contributed by atoms with Crippen molar-refractivity contribution in [2.45, 2.75) is 31.2 Å². The van der Waals surface area contributed by atoms with Gasteiger partial charge in [0.25, 0.3) is 0 Å². The highest BCUT2D eigenvalue weighted by atomic mass is 35.5. The Morgan fingerprint density at radius 1 is 1.32 bits per heavy atom. The average Bonchev–Trinajstić information content (AvgIpc) is 2.36. The third-order valence-corrected chi connectivity index (χ3v) is 3.84.